The lowest BCUT2D eigenvalue weighted by molar-refractivity contribution is -0.137. The summed E-state index contributed by atoms with van der Waals surface area (Å²) in [4.78, 5) is 40.4. The minimum atomic E-state index is -4.56. The second-order valence-electron chi connectivity index (χ2n) is 9.28. The molecule has 5 rings (SSSR count). The van der Waals surface area contributed by atoms with Crippen molar-refractivity contribution >= 4 is 34.7 Å². The summed E-state index contributed by atoms with van der Waals surface area (Å²) < 4.78 is 40.9. The molecule has 0 radical (unpaired) electrons. The first-order chi connectivity index (χ1) is 20.1. The summed E-state index contributed by atoms with van der Waals surface area (Å²) in [6.07, 6.45) is -1.30. The van der Waals surface area contributed by atoms with E-state index in [1.54, 1.807) is 65.4 Å². The van der Waals surface area contributed by atoms with E-state index in [4.69, 9.17) is 0 Å². The number of alkyl halides is 3. The first-order valence-electron chi connectivity index (χ1n) is 12.6. The van der Waals surface area contributed by atoms with Crippen molar-refractivity contribution in [2.75, 3.05) is 17.2 Å². The number of anilines is 2. The van der Waals surface area contributed by atoms with Gasteiger partial charge in [0.15, 0.2) is 5.65 Å². The van der Waals surface area contributed by atoms with Gasteiger partial charge in [-0.15, -0.1) is 0 Å². The number of nitrogens with one attached hydrogen (secondary N) is 3. The molecule has 0 fully saturated rings. The third-order valence-electron chi connectivity index (χ3n) is 6.22. The highest BCUT2D eigenvalue weighted by Gasteiger charge is 2.31. The number of hydrogen-bond donors (Lipinski definition) is 3. The van der Waals surface area contributed by atoms with E-state index >= 15 is 0 Å². The van der Waals surface area contributed by atoms with Gasteiger partial charge < -0.3 is 16.0 Å². The van der Waals surface area contributed by atoms with Crippen molar-refractivity contribution in [2.45, 2.75) is 13.1 Å². The molecule has 0 saturated carbocycles. The Morgan fingerprint density at radius 2 is 1.55 bits per heavy atom. The summed E-state index contributed by atoms with van der Waals surface area (Å²) in [5.74, 6) is -1.36. The summed E-state index contributed by atoms with van der Waals surface area (Å²) in [6, 6.07) is 19.9. The van der Waals surface area contributed by atoms with Gasteiger partial charge in [-0.2, -0.15) is 18.3 Å². The second-order valence-corrected chi connectivity index (χ2v) is 9.28. The van der Waals surface area contributed by atoms with Gasteiger partial charge >= 0.3 is 6.18 Å². The van der Waals surface area contributed by atoms with E-state index in [0.717, 1.165) is 17.7 Å². The van der Waals surface area contributed by atoms with Crippen LogP contribution >= 0.6 is 0 Å². The Morgan fingerprint density at radius 3 is 2.29 bits per heavy atom. The van der Waals surface area contributed by atoms with Crippen molar-refractivity contribution in [1.82, 2.24) is 19.9 Å². The minimum absolute atomic E-state index is 0.119. The molecule has 212 valence electrons. The summed E-state index contributed by atoms with van der Waals surface area (Å²) in [5, 5.41) is 12.3. The fourth-order valence-corrected chi connectivity index (χ4v) is 4.28. The molecule has 9 nitrogen and oxygen atoms in total. The van der Waals surface area contributed by atoms with Crippen LogP contribution < -0.4 is 16.0 Å². The molecular formula is C30H23F3N6O3. The molecule has 5 aromatic rings. The summed E-state index contributed by atoms with van der Waals surface area (Å²) >= 11 is 0. The Morgan fingerprint density at radius 1 is 0.857 bits per heavy atom. The molecule has 2 heterocycles. The maximum Gasteiger partial charge on any atom is 0.416 e. The van der Waals surface area contributed by atoms with E-state index in [-0.39, 0.29) is 23.9 Å². The maximum absolute atomic E-state index is 13.1. The average molecular weight is 573 g/mol. The summed E-state index contributed by atoms with van der Waals surface area (Å²) in [5.41, 5.74) is 3.20. The number of nitrogens with zero attached hydrogens (tertiary/aromatic N) is 3. The number of hydrogen-bond acceptors (Lipinski definition) is 5. The summed E-state index contributed by atoms with van der Waals surface area (Å²) in [6.45, 7) is 1.17. The molecule has 0 aliphatic rings. The van der Waals surface area contributed by atoms with Crippen molar-refractivity contribution in [1.29, 1.82) is 0 Å². The lowest BCUT2D eigenvalue weighted by atomic mass is 10.1. The SMILES string of the molecule is CC(=O)NCC(=O)Nc1cccc(-c2cnn3c(-c4cccc(NC(=O)c5cccc(C(F)(F)F)c5)c4)ccnc23)c1. The average Bonchev–Trinajstić information content (AvgIpc) is 3.40. The topological polar surface area (TPSA) is 117 Å². The van der Waals surface area contributed by atoms with Crippen molar-refractivity contribution in [3.8, 4) is 22.4 Å². The van der Waals surface area contributed by atoms with E-state index in [9.17, 15) is 27.6 Å². The Hall–Kier alpha value is -5.52. The smallest absolute Gasteiger partial charge is 0.347 e. The number of carbonyl (C=O) groups excluding carboxylic acids is 3. The number of fused-ring (bicyclic) bond motifs is 1. The van der Waals surface area contributed by atoms with Gasteiger partial charge in [-0.25, -0.2) is 9.50 Å². The van der Waals surface area contributed by atoms with E-state index in [2.05, 4.69) is 26.0 Å². The number of carbonyl (C=O) groups is 3. The molecule has 2 aromatic heterocycles. The van der Waals surface area contributed by atoms with Crippen molar-refractivity contribution in [3.05, 3.63) is 102 Å². The molecule has 0 unspecified atom stereocenters. The largest absolute Gasteiger partial charge is 0.416 e. The van der Waals surface area contributed by atoms with Crippen molar-refractivity contribution in [3.63, 3.8) is 0 Å². The van der Waals surface area contributed by atoms with Crippen LogP contribution in [-0.4, -0.2) is 38.9 Å². The number of aromatic nitrogens is 3. The van der Waals surface area contributed by atoms with Crippen LogP contribution in [0.5, 0.6) is 0 Å². The summed E-state index contributed by atoms with van der Waals surface area (Å²) in [7, 11) is 0. The molecular weight excluding hydrogens is 549 g/mol. The quantitative estimate of drug-likeness (QED) is 0.241. The molecule has 3 aromatic carbocycles. The molecule has 42 heavy (non-hydrogen) atoms. The van der Waals surface area contributed by atoms with Gasteiger partial charge in [0.25, 0.3) is 5.91 Å². The number of amides is 3. The van der Waals surface area contributed by atoms with Crippen LogP contribution in [0.15, 0.2) is 91.3 Å². The molecule has 0 bridgehead atoms. The van der Waals surface area contributed by atoms with Crippen molar-refractivity contribution < 1.29 is 27.6 Å². The van der Waals surface area contributed by atoms with Crippen molar-refractivity contribution in [2.24, 2.45) is 0 Å². The molecule has 0 atom stereocenters. The van der Waals surface area contributed by atoms with Crippen LogP contribution in [0, 0.1) is 0 Å². The third kappa shape index (κ3) is 6.28. The Bertz CT molecular complexity index is 1820. The van der Waals surface area contributed by atoms with Gasteiger partial charge in [0.2, 0.25) is 11.8 Å². The minimum Gasteiger partial charge on any atom is -0.347 e. The maximum atomic E-state index is 13.1. The molecule has 12 heteroatoms. The normalized spacial score (nSPS) is 11.2. The Kier molecular flexibility index (Phi) is 7.69. The number of rotatable bonds is 7. The van der Waals surface area contributed by atoms with Gasteiger partial charge in [-0.1, -0.05) is 30.3 Å². The van der Waals surface area contributed by atoms with Crippen LogP contribution in [0.25, 0.3) is 28.0 Å². The highest BCUT2D eigenvalue weighted by atomic mass is 19.4. The van der Waals surface area contributed by atoms with Gasteiger partial charge in [-0.05, 0) is 54.1 Å². The molecule has 0 aliphatic heterocycles. The zero-order chi connectivity index (χ0) is 29.9. The van der Waals surface area contributed by atoms with E-state index in [0.29, 0.717) is 33.8 Å². The third-order valence-corrected chi connectivity index (χ3v) is 6.22. The Labute approximate surface area is 237 Å². The van der Waals surface area contributed by atoms with Gasteiger partial charge in [0.1, 0.15) is 0 Å². The number of halogens is 3. The zero-order valence-corrected chi connectivity index (χ0v) is 22.1. The monoisotopic (exact) mass is 572 g/mol. The fourth-order valence-electron chi connectivity index (χ4n) is 4.28. The van der Waals surface area contributed by atoms with Crippen LogP contribution in [-0.2, 0) is 15.8 Å². The first-order valence-corrected chi connectivity index (χ1v) is 12.6. The molecule has 3 amide bonds. The Balaban J connectivity index is 1.40. The van der Waals surface area contributed by atoms with Gasteiger partial charge in [-0.3, -0.25) is 14.4 Å². The fraction of sp³-hybridized carbons (Fsp3) is 0.100. The second kappa shape index (κ2) is 11.5. The molecule has 0 saturated heterocycles. The predicted molar refractivity (Wildman–Crippen MR) is 151 cm³/mol. The van der Waals surface area contributed by atoms with Crippen LogP contribution in [0.2, 0.25) is 0 Å². The van der Waals surface area contributed by atoms with Crippen LogP contribution in [0.4, 0.5) is 24.5 Å². The van der Waals surface area contributed by atoms with E-state index in [1.165, 1.54) is 19.1 Å². The van der Waals surface area contributed by atoms with Crippen LogP contribution in [0.1, 0.15) is 22.8 Å². The highest BCUT2D eigenvalue weighted by molar-refractivity contribution is 6.04. The lowest BCUT2D eigenvalue weighted by Gasteiger charge is -2.11. The first kappa shape index (κ1) is 28.0. The zero-order valence-electron chi connectivity index (χ0n) is 22.1. The molecule has 0 spiro atoms. The predicted octanol–water partition coefficient (Wildman–Crippen LogP) is 5.41. The van der Waals surface area contributed by atoms with E-state index < -0.39 is 17.6 Å². The highest BCUT2D eigenvalue weighted by Crippen LogP contribution is 2.31. The van der Waals surface area contributed by atoms with Gasteiger partial charge in [0, 0.05) is 41.2 Å². The standard InChI is InChI=1S/C30H23F3N6O3/c1-18(40)35-17-27(41)37-23-9-3-5-19(14-23)25-16-36-39-26(11-12-34-28(25)39)20-6-4-10-24(15-20)38-29(42)21-7-2-8-22(13-21)30(31,32)33/h2-16H,17H2,1H3,(H,35,40)(H,37,41)(H,38,42). The lowest BCUT2D eigenvalue weighted by Crippen LogP contribution is -2.31. The van der Waals surface area contributed by atoms with Crippen LogP contribution in [0.3, 0.4) is 0 Å². The molecule has 0 aliphatic carbocycles. The number of benzene rings is 3. The molecule has 3 N–H and O–H groups in total. The van der Waals surface area contributed by atoms with Gasteiger partial charge in [0.05, 0.1) is 24.0 Å². The van der Waals surface area contributed by atoms with E-state index in [1.807, 2.05) is 6.07 Å².